The molecule has 0 unspecified atom stereocenters. The Kier molecular flexibility index (Phi) is 4.53. The summed E-state index contributed by atoms with van der Waals surface area (Å²) in [5.74, 6) is 2.00. The van der Waals surface area contributed by atoms with Crippen LogP contribution in [0.25, 0.3) is 22.3 Å². The number of para-hydroxylation sites is 1. The van der Waals surface area contributed by atoms with Crippen LogP contribution in [0.15, 0.2) is 67.0 Å². The molecule has 27 heavy (non-hydrogen) atoms. The van der Waals surface area contributed by atoms with E-state index in [0.29, 0.717) is 23.8 Å². The van der Waals surface area contributed by atoms with Crippen molar-refractivity contribution >= 4 is 16.7 Å². The van der Waals surface area contributed by atoms with Crippen molar-refractivity contribution < 1.29 is 9.84 Å². The Morgan fingerprint density at radius 2 is 1.93 bits per heavy atom. The molecule has 134 valence electrons. The molecule has 0 aliphatic carbocycles. The van der Waals surface area contributed by atoms with Gasteiger partial charge in [-0.15, -0.1) is 0 Å². The Labute approximate surface area is 156 Å². The van der Waals surface area contributed by atoms with Crippen molar-refractivity contribution in [2.45, 2.75) is 6.54 Å². The molecule has 0 saturated heterocycles. The van der Waals surface area contributed by atoms with E-state index in [0.717, 1.165) is 22.2 Å². The van der Waals surface area contributed by atoms with Gasteiger partial charge >= 0.3 is 0 Å². The van der Waals surface area contributed by atoms with Crippen LogP contribution in [0.2, 0.25) is 0 Å². The Morgan fingerprint density at radius 1 is 1.04 bits per heavy atom. The summed E-state index contributed by atoms with van der Waals surface area (Å²) in [5, 5.41) is 14.4. The van der Waals surface area contributed by atoms with Gasteiger partial charge in [0.1, 0.15) is 17.3 Å². The summed E-state index contributed by atoms with van der Waals surface area (Å²) >= 11 is 0. The monoisotopic (exact) mass is 358 g/mol. The van der Waals surface area contributed by atoms with E-state index in [1.807, 2.05) is 36.4 Å². The molecule has 4 aromatic rings. The van der Waals surface area contributed by atoms with Crippen molar-refractivity contribution in [2.75, 3.05) is 12.4 Å². The van der Waals surface area contributed by atoms with E-state index in [1.54, 1.807) is 37.7 Å². The van der Waals surface area contributed by atoms with Crippen LogP contribution in [0.5, 0.6) is 11.5 Å². The quantitative estimate of drug-likeness (QED) is 0.561. The number of nitrogens with zero attached hydrogens (tertiary/aromatic N) is 3. The fourth-order valence-corrected chi connectivity index (χ4v) is 2.84. The Morgan fingerprint density at radius 3 is 2.70 bits per heavy atom. The van der Waals surface area contributed by atoms with Gasteiger partial charge in [-0.25, -0.2) is 9.97 Å². The zero-order valence-corrected chi connectivity index (χ0v) is 14.8. The molecule has 0 fully saturated rings. The zero-order valence-electron chi connectivity index (χ0n) is 14.8. The van der Waals surface area contributed by atoms with Gasteiger partial charge in [-0.05, 0) is 42.0 Å². The van der Waals surface area contributed by atoms with Gasteiger partial charge in [0.15, 0.2) is 5.82 Å². The molecule has 0 aliphatic heterocycles. The summed E-state index contributed by atoms with van der Waals surface area (Å²) in [6.45, 7) is 0.567. The van der Waals surface area contributed by atoms with E-state index in [4.69, 9.17) is 4.74 Å². The van der Waals surface area contributed by atoms with Crippen LogP contribution in [-0.2, 0) is 6.54 Å². The number of methoxy groups -OCH3 is 1. The van der Waals surface area contributed by atoms with Crippen LogP contribution in [0, 0.1) is 0 Å². The summed E-state index contributed by atoms with van der Waals surface area (Å²) in [5.41, 5.74) is 2.38. The highest BCUT2D eigenvalue weighted by molar-refractivity contribution is 5.92. The maximum atomic E-state index is 10.2. The van der Waals surface area contributed by atoms with Crippen LogP contribution in [-0.4, -0.2) is 27.2 Å². The fourth-order valence-electron chi connectivity index (χ4n) is 2.84. The van der Waals surface area contributed by atoms with Crippen molar-refractivity contribution in [3.8, 4) is 22.9 Å². The van der Waals surface area contributed by atoms with Gasteiger partial charge in [0.25, 0.3) is 0 Å². The summed E-state index contributed by atoms with van der Waals surface area (Å²) in [7, 11) is 1.63. The van der Waals surface area contributed by atoms with Gasteiger partial charge in [-0.1, -0.05) is 18.2 Å². The number of phenols is 1. The highest BCUT2D eigenvalue weighted by Gasteiger charge is 2.13. The molecular weight excluding hydrogens is 340 g/mol. The van der Waals surface area contributed by atoms with E-state index in [2.05, 4.69) is 20.3 Å². The number of benzene rings is 2. The van der Waals surface area contributed by atoms with Crippen molar-refractivity contribution in [1.82, 2.24) is 15.0 Å². The van der Waals surface area contributed by atoms with Gasteiger partial charge in [0, 0.05) is 24.3 Å². The third-order valence-electron chi connectivity index (χ3n) is 4.23. The first-order valence-corrected chi connectivity index (χ1v) is 8.51. The number of fused-ring (bicyclic) bond motifs is 1. The average molecular weight is 358 g/mol. The molecule has 0 saturated carbocycles. The number of aromatic nitrogens is 3. The van der Waals surface area contributed by atoms with Crippen LogP contribution in [0.1, 0.15) is 5.56 Å². The maximum absolute atomic E-state index is 10.2. The third-order valence-corrected chi connectivity index (χ3v) is 4.23. The predicted octanol–water partition coefficient (Wildman–Crippen LogP) is 4.02. The number of nitrogens with one attached hydrogen (secondary N) is 1. The van der Waals surface area contributed by atoms with E-state index in [9.17, 15) is 5.11 Å². The van der Waals surface area contributed by atoms with Gasteiger partial charge in [0.2, 0.25) is 0 Å². The molecule has 0 amide bonds. The van der Waals surface area contributed by atoms with E-state index >= 15 is 0 Å². The number of hydrogen-bond donors (Lipinski definition) is 2. The Balaban J connectivity index is 1.81. The number of pyridine rings is 1. The second-order valence-corrected chi connectivity index (χ2v) is 6.01. The first-order chi connectivity index (χ1) is 13.2. The number of aromatic hydroxyl groups is 1. The molecule has 4 rings (SSSR count). The van der Waals surface area contributed by atoms with Crippen molar-refractivity contribution in [3.05, 3.63) is 72.6 Å². The summed E-state index contributed by atoms with van der Waals surface area (Å²) in [6, 6.07) is 16.6. The lowest BCUT2D eigenvalue weighted by Crippen LogP contribution is -2.04. The summed E-state index contributed by atoms with van der Waals surface area (Å²) in [4.78, 5) is 13.4. The van der Waals surface area contributed by atoms with Gasteiger partial charge in [-0.2, -0.15) is 0 Å². The average Bonchev–Trinajstić information content (AvgIpc) is 2.72. The molecule has 0 spiro atoms. The van der Waals surface area contributed by atoms with E-state index in [1.165, 1.54) is 0 Å². The number of rotatable bonds is 5. The molecule has 2 N–H and O–H groups in total. The van der Waals surface area contributed by atoms with Crippen LogP contribution in [0.4, 0.5) is 5.82 Å². The fraction of sp³-hybridized carbons (Fsp3) is 0.0952. The number of anilines is 1. The summed E-state index contributed by atoms with van der Waals surface area (Å²) in [6.07, 6.45) is 3.55. The molecule has 6 nitrogen and oxygen atoms in total. The van der Waals surface area contributed by atoms with E-state index < -0.39 is 0 Å². The number of ether oxygens (including phenoxy) is 1. The molecule has 6 heteroatoms. The lowest BCUT2D eigenvalue weighted by atomic mass is 10.1. The van der Waals surface area contributed by atoms with E-state index in [-0.39, 0.29) is 5.75 Å². The smallest absolute Gasteiger partial charge is 0.165 e. The molecule has 2 aromatic carbocycles. The van der Waals surface area contributed by atoms with Crippen molar-refractivity contribution in [3.63, 3.8) is 0 Å². The number of phenolic OH excluding ortho intramolecular Hbond substituents is 1. The van der Waals surface area contributed by atoms with Gasteiger partial charge in [-0.3, -0.25) is 4.98 Å². The standard InChI is InChI=1S/C21H18N4O2/c1-27-15-8-9-18-17(11-15)20(23-13-14-5-4-10-22-12-14)25-21(24-18)16-6-2-3-7-19(16)26/h2-12,26H,13H2,1H3,(H,23,24,25). The second-order valence-electron chi connectivity index (χ2n) is 6.01. The minimum absolute atomic E-state index is 0.142. The highest BCUT2D eigenvalue weighted by atomic mass is 16.5. The van der Waals surface area contributed by atoms with Gasteiger partial charge in [0.05, 0.1) is 18.2 Å². The summed E-state index contributed by atoms with van der Waals surface area (Å²) < 4.78 is 5.34. The third kappa shape index (κ3) is 3.50. The Bertz CT molecular complexity index is 1080. The van der Waals surface area contributed by atoms with Gasteiger partial charge < -0.3 is 15.2 Å². The molecule has 0 radical (unpaired) electrons. The first-order valence-electron chi connectivity index (χ1n) is 8.51. The molecule has 2 aromatic heterocycles. The first kappa shape index (κ1) is 16.8. The topological polar surface area (TPSA) is 80.2 Å². The lowest BCUT2D eigenvalue weighted by molar-refractivity contribution is 0.415. The minimum atomic E-state index is 0.142. The molecule has 0 atom stereocenters. The predicted molar refractivity (Wildman–Crippen MR) is 105 cm³/mol. The van der Waals surface area contributed by atoms with Crippen LogP contribution in [0.3, 0.4) is 0 Å². The highest BCUT2D eigenvalue weighted by Crippen LogP contribution is 2.31. The normalized spacial score (nSPS) is 10.7. The maximum Gasteiger partial charge on any atom is 0.165 e. The molecule has 0 aliphatic rings. The SMILES string of the molecule is COc1ccc2nc(-c3ccccc3O)nc(NCc3cccnc3)c2c1. The minimum Gasteiger partial charge on any atom is -0.507 e. The second kappa shape index (κ2) is 7.29. The Hall–Kier alpha value is -3.67. The lowest BCUT2D eigenvalue weighted by Gasteiger charge is -2.12. The van der Waals surface area contributed by atoms with Crippen LogP contribution >= 0.6 is 0 Å². The molecule has 0 bridgehead atoms. The zero-order chi connectivity index (χ0) is 18.6. The van der Waals surface area contributed by atoms with Crippen molar-refractivity contribution in [2.24, 2.45) is 0 Å². The molecular formula is C21H18N4O2. The number of hydrogen-bond acceptors (Lipinski definition) is 6. The largest absolute Gasteiger partial charge is 0.507 e. The molecule has 2 heterocycles. The van der Waals surface area contributed by atoms with Crippen molar-refractivity contribution in [1.29, 1.82) is 0 Å². The van der Waals surface area contributed by atoms with Crippen LogP contribution < -0.4 is 10.1 Å².